The monoisotopic (exact) mass is 289 g/mol. The lowest BCUT2D eigenvalue weighted by Gasteiger charge is -2.27. The van der Waals surface area contributed by atoms with Crippen molar-refractivity contribution in [3.8, 4) is 0 Å². The second-order valence-electron chi connectivity index (χ2n) is 4.87. The molecule has 0 bridgehead atoms. The van der Waals surface area contributed by atoms with Crippen molar-refractivity contribution in [3.05, 3.63) is 52.3 Å². The topological polar surface area (TPSA) is 97.2 Å². The number of nitrogens with zero attached hydrogens (tertiary/aromatic N) is 1. The molecule has 2 aromatic rings. The maximum Gasteiger partial charge on any atom is 0.438 e. The van der Waals surface area contributed by atoms with Crippen molar-refractivity contribution in [2.24, 2.45) is 0 Å². The second kappa shape index (κ2) is 5.53. The van der Waals surface area contributed by atoms with Gasteiger partial charge in [0, 0.05) is 6.61 Å². The van der Waals surface area contributed by atoms with E-state index in [1.807, 2.05) is 30.3 Å². The van der Waals surface area contributed by atoms with E-state index in [2.05, 4.69) is 20.0 Å². The number of hydrogen-bond acceptors (Lipinski definition) is 5. The highest BCUT2D eigenvalue weighted by Crippen LogP contribution is 2.36. The maximum absolute atomic E-state index is 12.6. The Labute approximate surface area is 120 Å². The Morgan fingerprint density at radius 1 is 1.38 bits per heavy atom. The molecule has 1 fully saturated rings. The first-order valence-corrected chi connectivity index (χ1v) is 6.73. The molecule has 0 spiro atoms. The Morgan fingerprint density at radius 2 is 2.19 bits per heavy atom. The number of H-pyrrole nitrogens is 1. The van der Waals surface area contributed by atoms with Crippen molar-refractivity contribution >= 4 is 5.91 Å². The molecule has 1 saturated heterocycles. The van der Waals surface area contributed by atoms with Crippen LogP contribution >= 0.6 is 0 Å². The van der Waals surface area contributed by atoms with Gasteiger partial charge in [0.1, 0.15) is 0 Å². The van der Waals surface area contributed by atoms with Crippen LogP contribution in [0.4, 0.5) is 0 Å². The number of rotatable bonds is 4. The molecule has 7 nitrogen and oxygen atoms in total. The highest BCUT2D eigenvalue weighted by atomic mass is 16.5. The minimum Gasteiger partial charge on any atom is -0.360 e. The zero-order valence-corrected chi connectivity index (χ0v) is 11.3. The van der Waals surface area contributed by atoms with Gasteiger partial charge in [0.05, 0.1) is 6.54 Å². The maximum atomic E-state index is 12.6. The van der Waals surface area contributed by atoms with Gasteiger partial charge in [-0.3, -0.25) is 14.3 Å². The van der Waals surface area contributed by atoms with Crippen LogP contribution in [-0.2, 0) is 21.7 Å². The van der Waals surface area contributed by atoms with Crippen molar-refractivity contribution in [1.29, 1.82) is 0 Å². The summed E-state index contributed by atoms with van der Waals surface area (Å²) < 4.78 is 10.1. The standard InChI is InChI=1S/C14H15N3O4/c18-12(15-9-11-16-13(19)21-17-11)14(7-4-8-20-14)10-5-2-1-3-6-10/h1-3,5-6H,4,7-9H2,(H,15,18)(H,16,17,19). The molecule has 1 aromatic carbocycles. The van der Waals surface area contributed by atoms with Crippen LogP contribution in [0.15, 0.2) is 39.6 Å². The van der Waals surface area contributed by atoms with Gasteiger partial charge in [0.25, 0.3) is 5.91 Å². The van der Waals surface area contributed by atoms with Gasteiger partial charge in [-0.2, -0.15) is 0 Å². The Morgan fingerprint density at radius 3 is 2.81 bits per heavy atom. The SMILES string of the molecule is O=C(NCc1noc(=O)[nH]1)C1(c2ccccc2)CCCO1. The van der Waals surface area contributed by atoms with Gasteiger partial charge in [-0.15, -0.1) is 0 Å². The van der Waals surface area contributed by atoms with E-state index in [4.69, 9.17) is 4.74 Å². The first kappa shape index (κ1) is 13.6. The molecule has 0 aliphatic carbocycles. The third-order valence-electron chi connectivity index (χ3n) is 3.53. The third-order valence-corrected chi connectivity index (χ3v) is 3.53. The molecule has 1 aromatic heterocycles. The molecule has 1 aliphatic heterocycles. The van der Waals surface area contributed by atoms with Crippen LogP contribution < -0.4 is 11.1 Å². The molecule has 1 aliphatic rings. The van der Waals surface area contributed by atoms with Gasteiger partial charge in [-0.05, 0) is 18.4 Å². The van der Waals surface area contributed by atoms with Crippen molar-refractivity contribution in [3.63, 3.8) is 0 Å². The van der Waals surface area contributed by atoms with Crippen molar-refractivity contribution < 1.29 is 14.1 Å². The fraction of sp³-hybridized carbons (Fsp3) is 0.357. The molecular weight excluding hydrogens is 274 g/mol. The van der Waals surface area contributed by atoms with Crippen molar-refractivity contribution in [1.82, 2.24) is 15.5 Å². The third kappa shape index (κ3) is 2.59. The van der Waals surface area contributed by atoms with E-state index < -0.39 is 11.4 Å². The first-order valence-electron chi connectivity index (χ1n) is 6.73. The average Bonchev–Trinajstić information content (AvgIpc) is 3.15. The number of amides is 1. The van der Waals surface area contributed by atoms with E-state index in [1.165, 1.54) is 0 Å². The number of aromatic amines is 1. The number of aromatic nitrogens is 2. The molecular formula is C14H15N3O4. The fourth-order valence-corrected chi connectivity index (χ4v) is 2.53. The molecule has 1 unspecified atom stereocenters. The summed E-state index contributed by atoms with van der Waals surface area (Å²) in [5.74, 6) is -0.612. The number of carbonyl (C=O) groups excluding carboxylic acids is 1. The summed E-state index contributed by atoms with van der Waals surface area (Å²) in [7, 11) is 0. The van der Waals surface area contributed by atoms with Crippen LogP contribution in [0.1, 0.15) is 24.2 Å². The van der Waals surface area contributed by atoms with Crippen LogP contribution in [0.25, 0.3) is 0 Å². The van der Waals surface area contributed by atoms with Crippen LogP contribution in [0.3, 0.4) is 0 Å². The summed E-state index contributed by atoms with van der Waals surface area (Å²) in [6.07, 6.45) is 1.45. The number of ether oxygens (including phenoxy) is 1. The quantitative estimate of drug-likeness (QED) is 0.863. The van der Waals surface area contributed by atoms with Crippen LogP contribution in [0, 0.1) is 0 Å². The molecule has 2 heterocycles. The number of hydrogen-bond donors (Lipinski definition) is 2. The Hall–Kier alpha value is -2.41. The molecule has 0 radical (unpaired) electrons. The van der Waals surface area contributed by atoms with E-state index in [0.29, 0.717) is 13.0 Å². The summed E-state index contributed by atoms with van der Waals surface area (Å²) in [5, 5.41) is 6.25. The van der Waals surface area contributed by atoms with Crippen LogP contribution in [0.2, 0.25) is 0 Å². The van der Waals surface area contributed by atoms with Gasteiger partial charge in [-0.25, -0.2) is 4.79 Å². The smallest absolute Gasteiger partial charge is 0.360 e. The van der Waals surface area contributed by atoms with E-state index in [1.54, 1.807) is 0 Å². The largest absolute Gasteiger partial charge is 0.438 e. The van der Waals surface area contributed by atoms with Crippen molar-refractivity contribution in [2.75, 3.05) is 6.61 Å². The van der Waals surface area contributed by atoms with Gasteiger partial charge >= 0.3 is 5.76 Å². The lowest BCUT2D eigenvalue weighted by Crippen LogP contribution is -2.44. The molecule has 2 N–H and O–H groups in total. The molecule has 1 atom stereocenters. The minimum absolute atomic E-state index is 0.0858. The molecule has 110 valence electrons. The van der Waals surface area contributed by atoms with Gasteiger partial charge in [0.2, 0.25) is 0 Å². The summed E-state index contributed by atoms with van der Waals surface area (Å²) in [6, 6.07) is 9.40. The predicted octanol–water partition coefficient (Wildman–Crippen LogP) is 0.685. The van der Waals surface area contributed by atoms with E-state index in [-0.39, 0.29) is 18.3 Å². The molecule has 1 amide bonds. The fourth-order valence-electron chi connectivity index (χ4n) is 2.53. The van der Waals surface area contributed by atoms with Crippen LogP contribution in [-0.4, -0.2) is 22.7 Å². The minimum atomic E-state index is -0.967. The highest BCUT2D eigenvalue weighted by Gasteiger charge is 2.44. The summed E-state index contributed by atoms with van der Waals surface area (Å²) in [4.78, 5) is 25.8. The number of benzene rings is 1. The van der Waals surface area contributed by atoms with E-state index in [9.17, 15) is 9.59 Å². The Balaban J connectivity index is 1.78. The Kier molecular flexibility index (Phi) is 3.57. The predicted molar refractivity (Wildman–Crippen MR) is 72.3 cm³/mol. The Bertz CT molecular complexity index is 671. The number of carbonyl (C=O) groups is 1. The molecule has 3 rings (SSSR count). The number of nitrogens with one attached hydrogen (secondary N) is 2. The lowest BCUT2D eigenvalue weighted by molar-refractivity contribution is -0.142. The highest BCUT2D eigenvalue weighted by molar-refractivity contribution is 5.86. The van der Waals surface area contributed by atoms with Crippen LogP contribution in [0.5, 0.6) is 0 Å². The van der Waals surface area contributed by atoms with Gasteiger partial charge < -0.3 is 10.1 Å². The normalized spacial score (nSPS) is 21.3. The molecule has 0 saturated carbocycles. The second-order valence-corrected chi connectivity index (χ2v) is 4.87. The van der Waals surface area contributed by atoms with Gasteiger partial charge in [-0.1, -0.05) is 35.5 Å². The first-order chi connectivity index (χ1) is 10.2. The summed E-state index contributed by atoms with van der Waals surface area (Å²) >= 11 is 0. The zero-order chi connectivity index (χ0) is 14.7. The van der Waals surface area contributed by atoms with Crippen molar-refractivity contribution in [2.45, 2.75) is 25.0 Å². The summed E-state index contributed by atoms with van der Waals surface area (Å²) in [6.45, 7) is 0.631. The van der Waals surface area contributed by atoms with Gasteiger partial charge in [0.15, 0.2) is 11.4 Å². The average molecular weight is 289 g/mol. The molecule has 7 heteroatoms. The van der Waals surface area contributed by atoms with E-state index in [0.717, 1.165) is 12.0 Å². The van der Waals surface area contributed by atoms with E-state index >= 15 is 0 Å². The summed E-state index contributed by atoms with van der Waals surface area (Å²) in [5.41, 5.74) is -0.140. The lowest BCUT2D eigenvalue weighted by atomic mass is 9.90. The molecule has 21 heavy (non-hydrogen) atoms. The zero-order valence-electron chi connectivity index (χ0n) is 11.3.